The Morgan fingerprint density at radius 2 is 1.57 bits per heavy atom. The van der Waals surface area contributed by atoms with Crippen LogP contribution in [0.4, 0.5) is 0 Å². The molecule has 5 nitrogen and oxygen atoms in total. The van der Waals surface area contributed by atoms with E-state index in [0.29, 0.717) is 5.56 Å². The molecule has 5 rings (SSSR count). The maximum absolute atomic E-state index is 13.6. The highest BCUT2D eigenvalue weighted by Gasteiger charge is 2.27. The number of Topliss-reactive ketones (excluding diaryl/α,β-unsaturated/α-hetero) is 1. The summed E-state index contributed by atoms with van der Waals surface area (Å²) in [5, 5.41) is 9.69. The average molecular weight is 366 g/mol. The van der Waals surface area contributed by atoms with Crippen molar-refractivity contribution in [3.05, 3.63) is 96.2 Å². The van der Waals surface area contributed by atoms with E-state index in [0.717, 1.165) is 27.5 Å². The van der Waals surface area contributed by atoms with Crippen LogP contribution in [-0.2, 0) is 0 Å². The summed E-state index contributed by atoms with van der Waals surface area (Å²) >= 11 is 0. The van der Waals surface area contributed by atoms with Crippen LogP contribution in [0.1, 0.15) is 22.1 Å². The summed E-state index contributed by atoms with van der Waals surface area (Å²) in [4.78, 5) is 13.6. The van der Waals surface area contributed by atoms with E-state index in [4.69, 9.17) is 0 Å². The van der Waals surface area contributed by atoms with Gasteiger partial charge in [-0.3, -0.25) is 4.79 Å². The number of carbonyl (C=O) groups excluding carboxylic acids is 1. The van der Waals surface area contributed by atoms with Gasteiger partial charge in [-0.15, -0.1) is 5.10 Å². The molecule has 0 N–H and O–H groups in total. The van der Waals surface area contributed by atoms with Gasteiger partial charge in [0.2, 0.25) is 5.78 Å². The van der Waals surface area contributed by atoms with E-state index in [2.05, 4.69) is 10.3 Å². The van der Waals surface area contributed by atoms with Crippen molar-refractivity contribution in [3.63, 3.8) is 0 Å². The Hall–Kier alpha value is -3.73. The Morgan fingerprint density at radius 3 is 2.39 bits per heavy atom. The van der Waals surface area contributed by atoms with E-state index >= 15 is 0 Å². The van der Waals surface area contributed by atoms with Crippen molar-refractivity contribution in [2.75, 3.05) is 0 Å². The lowest BCUT2D eigenvalue weighted by Crippen LogP contribution is -2.27. The van der Waals surface area contributed by atoms with Crippen molar-refractivity contribution in [3.8, 4) is 0 Å². The van der Waals surface area contributed by atoms with Gasteiger partial charge in [0.1, 0.15) is 5.52 Å². The van der Waals surface area contributed by atoms with E-state index < -0.39 is 6.17 Å². The summed E-state index contributed by atoms with van der Waals surface area (Å²) < 4.78 is 3.68. The van der Waals surface area contributed by atoms with Crippen molar-refractivity contribution in [2.45, 2.75) is 13.1 Å². The highest BCUT2D eigenvalue weighted by Crippen LogP contribution is 2.26. The highest BCUT2D eigenvalue weighted by molar-refractivity contribution is 6.00. The van der Waals surface area contributed by atoms with Crippen molar-refractivity contribution < 1.29 is 4.79 Å². The molecule has 28 heavy (non-hydrogen) atoms. The molecule has 0 saturated heterocycles. The smallest absolute Gasteiger partial charge is 0.208 e. The van der Waals surface area contributed by atoms with Crippen LogP contribution in [0.15, 0.2) is 85.1 Å². The SMILES string of the molecule is Cc1ccc(C(=O)C(n2ccc3ccccc32)n2nnc3ccccc32)cc1. The zero-order chi connectivity index (χ0) is 19.1. The van der Waals surface area contributed by atoms with E-state index in [-0.39, 0.29) is 5.78 Å². The monoisotopic (exact) mass is 366 g/mol. The number of fused-ring (bicyclic) bond motifs is 2. The van der Waals surface area contributed by atoms with Crippen molar-refractivity contribution >= 4 is 27.7 Å². The zero-order valence-corrected chi connectivity index (χ0v) is 15.4. The number of benzene rings is 3. The molecule has 0 amide bonds. The van der Waals surface area contributed by atoms with Crippen LogP contribution < -0.4 is 0 Å². The fourth-order valence-electron chi connectivity index (χ4n) is 3.61. The second kappa shape index (κ2) is 6.46. The lowest BCUT2D eigenvalue weighted by Gasteiger charge is -2.20. The van der Waals surface area contributed by atoms with Crippen LogP contribution in [-0.4, -0.2) is 25.3 Å². The first kappa shape index (κ1) is 16.4. The minimum absolute atomic E-state index is 0.0305. The molecule has 2 heterocycles. The number of hydrogen-bond acceptors (Lipinski definition) is 3. The second-order valence-electron chi connectivity index (χ2n) is 6.91. The van der Waals surface area contributed by atoms with Crippen LogP contribution in [0.3, 0.4) is 0 Å². The van der Waals surface area contributed by atoms with Gasteiger partial charge in [0, 0.05) is 11.8 Å². The van der Waals surface area contributed by atoms with E-state index in [9.17, 15) is 4.79 Å². The fraction of sp³-hybridized carbons (Fsp3) is 0.0870. The molecule has 0 saturated carbocycles. The van der Waals surface area contributed by atoms with E-state index in [1.54, 1.807) is 4.68 Å². The van der Waals surface area contributed by atoms with Crippen molar-refractivity contribution in [2.24, 2.45) is 0 Å². The molecule has 0 bridgehead atoms. The molecule has 5 heteroatoms. The Kier molecular flexibility index (Phi) is 3.79. The number of nitrogens with zero attached hydrogens (tertiary/aromatic N) is 4. The Morgan fingerprint density at radius 1 is 0.857 bits per heavy atom. The van der Waals surface area contributed by atoms with Gasteiger partial charge < -0.3 is 4.57 Å². The molecule has 136 valence electrons. The van der Waals surface area contributed by atoms with E-state index in [1.807, 2.05) is 96.6 Å². The van der Waals surface area contributed by atoms with Crippen LogP contribution >= 0.6 is 0 Å². The van der Waals surface area contributed by atoms with Crippen LogP contribution in [0.25, 0.3) is 21.9 Å². The molecule has 0 aliphatic carbocycles. The van der Waals surface area contributed by atoms with E-state index in [1.165, 1.54) is 0 Å². The maximum Gasteiger partial charge on any atom is 0.208 e. The Bertz CT molecular complexity index is 1220. The summed E-state index contributed by atoms with van der Waals surface area (Å²) in [5.41, 5.74) is 4.33. The molecule has 1 atom stereocenters. The summed E-state index contributed by atoms with van der Waals surface area (Å²) in [7, 11) is 0. The van der Waals surface area contributed by atoms with Gasteiger partial charge in [-0.05, 0) is 36.6 Å². The summed E-state index contributed by atoms with van der Waals surface area (Å²) in [6.45, 7) is 2.01. The molecule has 1 unspecified atom stereocenters. The molecular formula is C23H18N4O. The first-order valence-corrected chi connectivity index (χ1v) is 9.19. The second-order valence-corrected chi connectivity index (χ2v) is 6.91. The molecule has 0 radical (unpaired) electrons. The molecule has 0 aliphatic rings. The van der Waals surface area contributed by atoms with Gasteiger partial charge in [-0.2, -0.15) is 0 Å². The lowest BCUT2D eigenvalue weighted by molar-refractivity contribution is 0.0901. The Labute approximate surface area is 161 Å². The van der Waals surface area contributed by atoms with Gasteiger partial charge in [0.25, 0.3) is 0 Å². The first-order valence-electron chi connectivity index (χ1n) is 9.19. The largest absolute Gasteiger partial charge is 0.318 e. The summed E-state index contributed by atoms with van der Waals surface area (Å²) in [6, 6.07) is 25.4. The highest BCUT2D eigenvalue weighted by atomic mass is 16.1. The number of rotatable bonds is 4. The minimum atomic E-state index is -0.657. The number of para-hydroxylation sites is 2. The number of ketones is 1. The summed E-state index contributed by atoms with van der Waals surface area (Å²) in [5.74, 6) is -0.0305. The Balaban J connectivity index is 1.74. The maximum atomic E-state index is 13.6. The topological polar surface area (TPSA) is 52.7 Å². The third-order valence-corrected chi connectivity index (χ3v) is 5.07. The number of aryl methyl sites for hydroxylation is 1. The predicted molar refractivity (Wildman–Crippen MR) is 109 cm³/mol. The van der Waals surface area contributed by atoms with Gasteiger partial charge in [-0.1, -0.05) is 65.4 Å². The standard InChI is InChI=1S/C23H18N4O/c1-16-10-12-18(13-11-16)22(28)23(26-15-14-17-6-2-4-8-20(17)26)27-21-9-5-3-7-19(21)24-25-27/h2-15,23H,1H3. The van der Waals surface area contributed by atoms with Crippen LogP contribution in [0, 0.1) is 6.92 Å². The molecule has 3 aromatic carbocycles. The fourth-order valence-corrected chi connectivity index (χ4v) is 3.61. The number of aromatic nitrogens is 4. The van der Waals surface area contributed by atoms with Gasteiger partial charge in [0.15, 0.2) is 6.17 Å². The molecular weight excluding hydrogens is 348 g/mol. The number of carbonyl (C=O) groups is 1. The van der Waals surface area contributed by atoms with Gasteiger partial charge in [0.05, 0.1) is 11.0 Å². The summed E-state index contributed by atoms with van der Waals surface area (Å²) in [6.07, 6.45) is 1.28. The average Bonchev–Trinajstić information content (AvgIpc) is 3.34. The zero-order valence-electron chi connectivity index (χ0n) is 15.4. The van der Waals surface area contributed by atoms with Gasteiger partial charge in [-0.25, -0.2) is 4.68 Å². The first-order chi connectivity index (χ1) is 13.7. The third-order valence-electron chi connectivity index (χ3n) is 5.07. The van der Waals surface area contributed by atoms with Gasteiger partial charge >= 0.3 is 0 Å². The number of hydrogen-bond donors (Lipinski definition) is 0. The predicted octanol–water partition coefficient (Wildman–Crippen LogP) is 4.62. The third kappa shape index (κ3) is 2.60. The molecule has 2 aromatic heterocycles. The molecule has 5 aromatic rings. The normalized spacial score (nSPS) is 12.5. The molecule has 0 fully saturated rings. The minimum Gasteiger partial charge on any atom is -0.318 e. The van der Waals surface area contributed by atoms with Crippen molar-refractivity contribution in [1.82, 2.24) is 19.6 Å². The quantitative estimate of drug-likeness (QED) is 0.436. The molecule has 0 aliphatic heterocycles. The molecule has 0 spiro atoms. The van der Waals surface area contributed by atoms with Crippen LogP contribution in [0.5, 0.6) is 0 Å². The van der Waals surface area contributed by atoms with Crippen LogP contribution in [0.2, 0.25) is 0 Å². The lowest BCUT2D eigenvalue weighted by atomic mass is 10.1. The van der Waals surface area contributed by atoms with Crippen molar-refractivity contribution in [1.29, 1.82) is 0 Å².